The van der Waals surface area contributed by atoms with E-state index in [9.17, 15) is 4.39 Å². The molecule has 0 radical (unpaired) electrons. The Bertz CT molecular complexity index is 1590. The monoisotopic (exact) mass is 499 g/mol. The van der Waals surface area contributed by atoms with Gasteiger partial charge in [0.1, 0.15) is 17.7 Å². The fraction of sp³-hybridized carbons (Fsp3) is 0.269. The smallest absolute Gasteiger partial charge is 0.225 e. The van der Waals surface area contributed by atoms with Gasteiger partial charge in [-0.2, -0.15) is 10.2 Å². The Kier molecular flexibility index (Phi) is 5.28. The molecule has 10 nitrogen and oxygen atoms in total. The third-order valence-electron chi connectivity index (χ3n) is 6.88. The van der Waals surface area contributed by atoms with Crippen molar-refractivity contribution in [3.05, 3.63) is 84.6 Å². The first-order valence-electron chi connectivity index (χ1n) is 12.5. The van der Waals surface area contributed by atoms with E-state index in [-0.39, 0.29) is 12.0 Å². The quantitative estimate of drug-likeness (QED) is 0.393. The number of piperazine rings is 1. The van der Waals surface area contributed by atoms with Crippen molar-refractivity contribution in [2.24, 2.45) is 12.8 Å². The van der Waals surface area contributed by atoms with Crippen molar-refractivity contribution in [1.29, 1.82) is 0 Å². The number of nitrogens with zero attached hydrogens (tertiary/aromatic N) is 9. The van der Waals surface area contributed by atoms with Crippen molar-refractivity contribution in [1.82, 2.24) is 34.3 Å². The van der Waals surface area contributed by atoms with Gasteiger partial charge in [0.15, 0.2) is 5.82 Å². The highest BCUT2D eigenvalue weighted by molar-refractivity contribution is 5.77. The normalized spacial score (nSPS) is 16.2. The highest BCUT2D eigenvalue weighted by atomic mass is 19.1. The fourth-order valence-corrected chi connectivity index (χ4v) is 4.66. The predicted octanol–water partition coefficient (Wildman–Crippen LogP) is 2.61. The van der Waals surface area contributed by atoms with Crippen molar-refractivity contribution < 1.29 is 5.76 Å². The summed E-state index contributed by atoms with van der Waals surface area (Å²) in [6, 6.07) is 8.18. The molecule has 5 heterocycles. The van der Waals surface area contributed by atoms with Crippen molar-refractivity contribution in [2.45, 2.75) is 12.5 Å². The van der Waals surface area contributed by atoms with Gasteiger partial charge < -0.3 is 15.5 Å². The number of aryl methyl sites for hydroxylation is 1. The number of nitrogens with two attached hydrogens (primary N) is 1. The summed E-state index contributed by atoms with van der Waals surface area (Å²) in [7, 11) is 1.81. The van der Waals surface area contributed by atoms with Crippen molar-refractivity contribution in [3.63, 3.8) is 0 Å². The van der Waals surface area contributed by atoms with Gasteiger partial charge in [0.2, 0.25) is 5.95 Å². The maximum absolute atomic E-state index is 13.3. The molecule has 4 aromatic heterocycles. The first-order chi connectivity index (χ1) is 18.3. The number of fused-ring (bicyclic) bond motifs is 1. The molecule has 188 valence electrons. The molecular formula is C26H27FN10. The molecule has 6 rings (SSSR count). The maximum atomic E-state index is 13.3. The Balaban J connectivity index is 1.17. The van der Waals surface area contributed by atoms with E-state index in [1.165, 1.54) is 12.1 Å². The number of hydrogen-bond donors (Lipinski definition) is 1. The summed E-state index contributed by atoms with van der Waals surface area (Å²) in [6.45, 7) is 4.78. The fourth-order valence-electron chi connectivity index (χ4n) is 4.66. The topological polar surface area (TPSA) is 106 Å². The highest BCUT2D eigenvalue weighted by Crippen LogP contribution is 2.29. The summed E-state index contributed by atoms with van der Waals surface area (Å²) in [5.41, 5.74) is 9.78. The van der Waals surface area contributed by atoms with Gasteiger partial charge in [-0.3, -0.25) is 4.68 Å². The molecule has 0 saturated carbocycles. The molecule has 0 aliphatic carbocycles. The van der Waals surface area contributed by atoms with E-state index in [1.54, 1.807) is 47.1 Å². The van der Waals surface area contributed by atoms with Gasteiger partial charge in [-0.15, -0.1) is 0 Å². The summed E-state index contributed by atoms with van der Waals surface area (Å²) in [6.07, 6.45) is 9.00. The van der Waals surface area contributed by atoms with E-state index in [2.05, 4.69) is 34.9 Å². The van der Waals surface area contributed by atoms with Crippen molar-refractivity contribution >= 4 is 17.3 Å². The summed E-state index contributed by atoms with van der Waals surface area (Å²) < 4.78 is 24.9. The van der Waals surface area contributed by atoms with Gasteiger partial charge in [0.05, 0.1) is 13.1 Å². The van der Waals surface area contributed by atoms with E-state index < -0.39 is 5.54 Å². The van der Waals surface area contributed by atoms with Gasteiger partial charge in [-0.05, 0) is 30.7 Å². The molecule has 1 fully saturated rings. The number of aromatic nitrogens is 7. The van der Waals surface area contributed by atoms with Crippen LogP contribution in [0.2, 0.25) is 0 Å². The van der Waals surface area contributed by atoms with Crippen LogP contribution >= 0.6 is 0 Å². The Morgan fingerprint density at radius 2 is 1.62 bits per heavy atom. The van der Waals surface area contributed by atoms with Gasteiger partial charge in [-0.1, -0.05) is 12.1 Å². The standard InChI is InChI=1S/C26H27FN10/c1-26(28,20-3-5-22(27)6-4-20)21-13-29-25(30-14-21)36-9-7-35(8-10-36)24-23-11-18(16-37(23)33-17-31-24)19-12-32-34(2)15-19/h3-6,11-17H,7-10,28H2,1-2H3/t26-/m0/s1/i12D. The molecule has 1 atom stereocenters. The third kappa shape index (κ3) is 4.27. The Hall–Kier alpha value is -4.38. The minimum Gasteiger partial charge on any atom is -0.351 e. The molecule has 0 unspecified atom stereocenters. The minimum atomic E-state index is -0.837. The number of benzene rings is 1. The molecule has 0 spiro atoms. The molecular weight excluding hydrogens is 471 g/mol. The largest absolute Gasteiger partial charge is 0.351 e. The summed E-state index contributed by atoms with van der Waals surface area (Å²) in [5, 5.41) is 8.50. The molecule has 5 aromatic rings. The zero-order chi connectivity index (χ0) is 26.4. The first-order valence-corrected chi connectivity index (χ1v) is 12.0. The van der Waals surface area contributed by atoms with E-state index >= 15 is 0 Å². The first kappa shape index (κ1) is 21.9. The number of anilines is 2. The van der Waals surface area contributed by atoms with Gasteiger partial charge in [0.25, 0.3) is 0 Å². The van der Waals surface area contributed by atoms with E-state index in [0.717, 1.165) is 59.8 Å². The SMILES string of the molecule is [2H]c1nn(C)cc1-c1cc2c(N3CCN(c4ncc([C@@](C)(N)c5ccc(F)cc5)cn4)CC3)ncnn2c1. The van der Waals surface area contributed by atoms with E-state index in [1.807, 2.05) is 25.4 Å². The van der Waals surface area contributed by atoms with Crippen LogP contribution in [0, 0.1) is 5.82 Å². The van der Waals surface area contributed by atoms with Crippen LogP contribution in [0.3, 0.4) is 0 Å². The molecule has 11 heteroatoms. The lowest BCUT2D eigenvalue weighted by Gasteiger charge is -2.35. The molecule has 37 heavy (non-hydrogen) atoms. The van der Waals surface area contributed by atoms with Crippen LogP contribution in [-0.4, -0.2) is 60.5 Å². The van der Waals surface area contributed by atoms with Gasteiger partial charge in [-0.25, -0.2) is 23.9 Å². The molecule has 2 N–H and O–H groups in total. The molecule has 1 saturated heterocycles. The Labute approximate surface area is 214 Å². The van der Waals surface area contributed by atoms with Gasteiger partial charge >= 0.3 is 0 Å². The second-order valence-electron chi connectivity index (χ2n) is 9.43. The van der Waals surface area contributed by atoms with Crippen molar-refractivity contribution in [3.8, 4) is 11.1 Å². The van der Waals surface area contributed by atoms with E-state index in [0.29, 0.717) is 5.95 Å². The lowest BCUT2D eigenvalue weighted by molar-refractivity contribution is 0.585. The zero-order valence-corrected chi connectivity index (χ0v) is 20.6. The number of halogens is 1. The van der Waals surface area contributed by atoms with Crippen molar-refractivity contribution in [2.75, 3.05) is 36.0 Å². The third-order valence-corrected chi connectivity index (χ3v) is 6.88. The van der Waals surface area contributed by atoms with Crippen LogP contribution in [-0.2, 0) is 12.6 Å². The minimum absolute atomic E-state index is 0.227. The molecule has 1 aliphatic heterocycles. The average molecular weight is 500 g/mol. The van der Waals surface area contributed by atoms with Crippen LogP contribution in [0.25, 0.3) is 16.6 Å². The van der Waals surface area contributed by atoms with Crippen LogP contribution in [0.4, 0.5) is 16.2 Å². The summed E-state index contributed by atoms with van der Waals surface area (Å²) >= 11 is 0. The number of hydrogen-bond acceptors (Lipinski definition) is 8. The summed E-state index contributed by atoms with van der Waals surface area (Å²) in [4.78, 5) is 18.1. The van der Waals surface area contributed by atoms with Crippen LogP contribution in [0.5, 0.6) is 0 Å². The Morgan fingerprint density at radius 3 is 2.30 bits per heavy atom. The highest BCUT2D eigenvalue weighted by Gasteiger charge is 2.26. The lowest BCUT2D eigenvalue weighted by atomic mass is 9.87. The second-order valence-corrected chi connectivity index (χ2v) is 9.43. The summed E-state index contributed by atoms with van der Waals surface area (Å²) in [5.74, 6) is 1.18. The van der Waals surface area contributed by atoms with Gasteiger partial charge in [0, 0.05) is 74.7 Å². The molecule has 0 bridgehead atoms. The molecule has 1 aliphatic rings. The predicted molar refractivity (Wildman–Crippen MR) is 139 cm³/mol. The lowest BCUT2D eigenvalue weighted by Crippen LogP contribution is -2.47. The van der Waals surface area contributed by atoms with Crippen LogP contribution in [0.15, 0.2) is 67.6 Å². The Morgan fingerprint density at radius 1 is 0.919 bits per heavy atom. The van der Waals surface area contributed by atoms with Crippen LogP contribution < -0.4 is 15.5 Å². The zero-order valence-electron chi connectivity index (χ0n) is 21.6. The average Bonchev–Trinajstić information content (AvgIpc) is 3.51. The van der Waals surface area contributed by atoms with E-state index in [4.69, 9.17) is 7.10 Å². The molecule has 1 aromatic carbocycles. The molecule has 0 amide bonds. The number of rotatable bonds is 5. The van der Waals surface area contributed by atoms with Crippen LogP contribution in [0.1, 0.15) is 19.4 Å². The maximum Gasteiger partial charge on any atom is 0.225 e. The second kappa shape index (κ2) is 8.93.